The largest absolute Gasteiger partial charge is 0.490 e. The molecule has 9 rings (SSSR count). The molecule has 13 nitrogen and oxygen atoms in total. The van der Waals surface area contributed by atoms with Gasteiger partial charge in [-0.3, -0.25) is 14.5 Å². The lowest BCUT2D eigenvalue weighted by molar-refractivity contribution is -0.752. The normalized spacial score (nSPS) is 16.0. The van der Waals surface area contributed by atoms with Gasteiger partial charge in [-0.05, 0) is 33.4 Å². The molecule has 2 aliphatic heterocycles. The van der Waals surface area contributed by atoms with Gasteiger partial charge in [0.15, 0.2) is 24.0 Å². The number of alkyl halides is 2. The lowest BCUT2D eigenvalue weighted by atomic mass is 9.77. The highest BCUT2D eigenvalue weighted by molar-refractivity contribution is 8.00. The van der Waals surface area contributed by atoms with Gasteiger partial charge in [-0.1, -0.05) is 157 Å². The molecule has 1 fully saturated rings. The van der Waals surface area contributed by atoms with E-state index < -0.39 is 53.2 Å². The van der Waals surface area contributed by atoms with Crippen molar-refractivity contribution in [3.63, 3.8) is 0 Å². The maximum atomic E-state index is 14.7. The number of anilines is 1. The van der Waals surface area contributed by atoms with Crippen molar-refractivity contribution in [2.75, 3.05) is 18.2 Å². The van der Waals surface area contributed by atoms with Crippen LogP contribution in [0.3, 0.4) is 0 Å². The van der Waals surface area contributed by atoms with Crippen LogP contribution in [0.25, 0.3) is 0 Å². The Morgan fingerprint density at radius 1 is 0.853 bits per heavy atom. The molecule has 344 valence electrons. The molecule has 0 bridgehead atoms. The van der Waals surface area contributed by atoms with Gasteiger partial charge in [-0.15, -0.1) is 27.8 Å². The minimum Gasteiger partial charge on any atom is -0.490 e. The standard InChI is InChI=1S/C51H43F2N7O6S2/c1-58-29-39(64-2)30-59(58)28-35-31-67-47-42(46(62)60(47)43(35)48(63)65-44(33-18-8-3-9-19-33)34-20-10-4-11-21-34)55-45(61)41(57-66-49(52)53)40-32-68-50(54-40)56-51(36-22-12-5-13-23-36,37-24-14-6-15-25-37)38-26-16-7-17-27-38/h3-27,29-30,32,42,44,47,49H,28,31H2,1-2H3,(H-,54,55,56,61)/p+1/t42-,47-/m1/s1. The fraction of sp³-hybridized carbons (Fsp3) is 0.176. The number of nitrogens with zero attached hydrogens (tertiary/aromatic N) is 5. The first kappa shape index (κ1) is 45.5. The van der Waals surface area contributed by atoms with Crippen molar-refractivity contribution in [3.05, 3.63) is 214 Å². The van der Waals surface area contributed by atoms with E-state index in [9.17, 15) is 23.2 Å². The van der Waals surface area contributed by atoms with Crippen LogP contribution >= 0.6 is 23.1 Å². The zero-order valence-corrected chi connectivity index (χ0v) is 38.3. The van der Waals surface area contributed by atoms with Crippen molar-refractivity contribution < 1.29 is 42.2 Å². The van der Waals surface area contributed by atoms with Gasteiger partial charge in [0.25, 0.3) is 11.8 Å². The van der Waals surface area contributed by atoms with E-state index in [0.29, 0.717) is 16.5 Å². The fourth-order valence-corrected chi connectivity index (χ4v) is 10.5. The van der Waals surface area contributed by atoms with Crippen molar-refractivity contribution in [3.8, 4) is 5.75 Å². The molecular weight excluding hydrogens is 909 g/mol. The molecule has 1 saturated heterocycles. The molecular formula is C51H44F2N7O6S2+. The first-order chi connectivity index (χ1) is 33.1. The SMILES string of the molecule is COc1cn(CC2=C(C(=O)OC(c3ccccc3)c3ccccc3)N3C(=O)[C@@H](NC(=O)C(=NOC(F)F)c4csc(NC(c5ccccc5)(c5ccccc5)c5ccccc5)n4)[C@H]3SC2)[n+](C)c1. The number of nitrogens with one attached hydrogen (secondary N) is 2. The minimum atomic E-state index is -3.36. The minimum absolute atomic E-state index is 0.0395. The highest BCUT2D eigenvalue weighted by atomic mass is 32.2. The Morgan fingerprint density at radius 2 is 1.40 bits per heavy atom. The molecule has 5 aromatic carbocycles. The van der Waals surface area contributed by atoms with Gasteiger partial charge in [0.05, 0.1) is 7.11 Å². The van der Waals surface area contributed by atoms with Crippen molar-refractivity contribution in [1.82, 2.24) is 19.9 Å². The number of fused-ring (bicyclic) bond motifs is 1. The van der Waals surface area contributed by atoms with Gasteiger partial charge in [0.1, 0.15) is 41.1 Å². The molecule has 2 amide bonds. The third kappa shape index (κ3) is 9.22. The number of β-lactam (4-membered cyclic amide) rings is 1. The number of ether oxygens (including phenoxy) is 2. The zero-order chi connectivity index (χ0) is 47.2. The summed E-state index contributed by atoms with van der Waals surface area (Å²) in [5, 5.41) is 10.9. The van der Waals surface area contributed by atoms with E-state index >= 15 is 0 Å². The van der Waals surface area contributed by atoms with Gasteiger partial charge >= 0.3 is 12.6 Å². The van der Waals surface area contributed by atoms with Crippen LogP contribution in [0.5, 0.6) is 5.75 Å². The predicted molar refractivity (Wildman–Crippen MR) is 254 cm³/mol. The lowest BCUT2D eigenvalue weighted by Crippen LogP contribution is -2.71. The highest BCUT2D eigenvalue weighted by Gasteiger charge is 2.55. The van der Waals surface area contributed by atoms with Crippen LogP contribution in [-0.2, 0) is 43.1 Å². The Balaban J connectivity index is 1.01. The molecule has 68 heavy (non-hydrogen) atoms. The molecule has 2 N–H and O–H groups in total. The van der Waals surface area contributed by atoms with Gasteiger partial charge in [-0.25, -0.2) is 9.78 Å². The van der Waals surface area contributed by atoms with Crippen LogP contribution in [0.1, 0.15) is 39.6 Å². The number of aryl methyl sites for hydroxylation is 1. The average Bonchev–Trinajstić information content (AvgIpc) is 4.00. The summed E-state index contributed by atoms with van der Waals surface area (Å²) in [6, 6.07) is 46.7. The molecule has 4 heterocycles. The van der Waals surface area contributed by atoms with Crippen LogP contribution in [0.2, 0.25) is 0 Å². The van der Waals surface area contributed by atoms with Crippen molar-refractivity contribution in [1.29, 1.82) is 0 Å². The number of hydrogen-bond acceptors (Lipinski definition) is 11. The number of hydrogen-bond donors (Lipinski definition) is 2. The second-order valence-electron chi connectivity index (χ2n) is 15.8. The second kappa shape index (κ2) is 20.1. The first-order valence-electron chi connectivity index (χ1n) is 21.5. The Kier molecular flexibility index (Phi) is 13.4. The number of aromatic nitrogens is 3. The van der Waals surface area contributed by atoms with Crippen molar-refractivity contribution in [2.24, 2.45) is 12.2 Å². The number of amides is 2. The number of carbonyl (C=O) groups is 3. The summed E-state index contributed by atoms with van der Waals surface area (Å²) in [6.07, 6.45) is 2.74. The van der Waals surface area contributed by atoms with E-state index in [1.165, 1.54) is 22.0 Å². The quantitative estimate of drug-likeness (QED) is 0.0234. The number of halogens is 2. The molecule has 0 spiro atoms. The number of carbonyl (C=O) groups excluding carboxylic acids is 3. The molecule has 17 heteroatoms. The zero-order valence-electron chi connectivity index (χ0n) is 36.6. The van der Waals surface area contributed by atoms with E-state index in [1.807, 2.05) is 163 Å². The van der Waals surface area contributed by atoms with Crippen molar-refractivity contribution >= 4 is 51.7 Å². The van der Waals surface area contributed by atoms with Crippen LogP contribution < -0.4 is 20.1 Å². The van der Waals surface area contributed by atoms with Gasteiger partial charge in [0, 0.05) is 11.1 Å². The highest BCUT2D eigenvalue weighted by Crippen LogP contribution is 2.43. The van der Waals surface area contributed by atoms with Gasteiger partial charge in [-0.2, -0.15) is 13.5 Å². The van der Waals surface area contributed by atoms with E-state index in [4.69, 9.17) is 14.5 Å². The molecule has 2 aliphatic rings. The molecule has 2 aromatic heterocycles. The molecule has 7 aromatic rings. The maximum absolute atomic E-state index is 14.7. The predicted octanol–water partition coefficient (Wildman–Crippen LogP) is 7.81. The topological polar surface area (TPSA) is 140 Å². The fourth-order valence-electron chi connectivity index (χ4n) is 8.42. The summed E-state index contributed by atoms with van der Waals surface area (Å²) < 4.78 is 42.7. The van der Waals surface area contributed by atoms with Crippen LogP contribution in [0, 0.1) is 0 Å². The molecule has 0 unspecified atom stereocenters. The Bertz CT molecular complexity index is 2820. The maximum Gasteiger partial charge on any atom is 0.407 e. The Hall–Kier alpha value is -7.63. The molecule has 2 atom stereocenters. The lowest BCUT2D eigenvalue weighted by Gasteiger charge is -2.49. The number of esters is 1. The Morgan fingerprint density at radius 3 is 1.91 bits per heavy atom. The van der Waals surface area contributed by atoms with E-state index in [2.05, 4.69) is 20.6 Å². The molecule has 0 aliphatic carbocycles. The summed E-state index contributed by atoms with van der Waals surface area (Å²) in [5.74, 6) is -1.47. The van der Waals surface area contributed by atoms with Gasteiger partial charge in [0.2, 0.25) is 11.9 Å². The Labute approximate surface area is 398 Å². The first-order valence-corrected chi connectivity index (χ1v) is 23.4. The molecule has 0 saturated carbocycles. The number of thioether (sulfide) groups is 1. The van der Waals surface area contributed by atoms with Gasteiger partial charge < -0.3 is 24.9 Å². The summed E-state index contributed by atoms with van der Waals surface area (Å²) in [7, 11) is 3.38. The number of methoxy groups -OCH3 is 1. The average molecular weight is 953 g/mol. The number of benzene rings is 5. The monoisotopic (exact) mass is 952 g/mol. The second-order valence-corrected chi connectivity index (χ2v) is 17.7. The van der Waals surface area contributed by atoms with Crippen LogP contribution in [0.15, 0.2) is 186 Å². The van der Waals surface area contributed by atoms with Crippen LogP contribution in [0.4, 0.5) is 13.9 Å². The smallest absolute Gasteiger partial charge is 0.407 e. The summed E-state index contributed by atoms with van der Waals surface area (Å²) in [4.78, 5) is 53.7. The third-order valence-electron chi connectivity index (χ3n) is 11.6. The number of oxime groups is 1. The number of rotatable bonds is 17. The number of thiazole rings is 1. The van der Waals surface area contributed by atoms with E-state index in [1.54, 1.807) is 24.2 Å². The third-order valence-corrected chi connectivity index (χ3v) is 13.7. The summed E-state index contributed by atoms with van der Waals surface area (Å²) in [6.45, 7) is -3.16. The summed E-state index contributed by atoms with van der Waals surface area (Å²) in [5.41, 5.74) is 3.10. The van der Waals surface area contributed by atoms with E-state index in [0.717, 1.165) is 39.2 Å². The van der Waals surface area contributed by atoms with E-state index in [-0.39, 0.29) is 23.7 Å². The van der Waals surface area contributed by atoms with Crippen molar-refractivity contribution in [2.45, 2.75) is 36.2 Å². The van der Waals surface area contributed by atoms with Crippen LogP contribution in [-0.4, -0.2) is 69.0 Å². The summed E-state index contributed by atoms with van der Waals surface area (Å²) >= 11 is 2.46. The molecule has 0 radical (unpaired) electrons.